The third-order valence-corrected chi connectivity index (χ3v) is 6.61. The predicted octanol–water partition coefficient (Wildman–Crippen LogP) is 5.32. The lowest BCUT2D eigenvalue weighted by Crippen LogP contribution is -2.30. The van der Waals surface area contributed by atoms with Gasteiger partial charge in [-0.3, -0.25) is 4.79 Å². The molecule has 0 bridgehead atoms. The summed E-state index contributed by atoms with van der Waals surface area (Å²) < 4.78 is 41.4. The first kappa shape index (κ1) is 21.4. The van der Waals surface area contributed by atoms with Crippen molar-refractivity contribution in [1.82, 2.24) is 14.8 Å². The number of nitrogens with one attached hydrogen (secondary N) is 1. The quantitative estimate of drug-likeness (QED) is 0.527. The highest BCUT2D eigenvalue weighted by atomic mass is 32.2. The number of anilines is 1. The lowest BCUT2D eigenvalue weighted by atomic mass is 10.1. The standard InChI is InChI=1S/C19H19F3N4OS2/c1-11(2)15(17(27)23-13-8-5-4-7-12(13)19(20,21)22)29-18-25-24-16(26(18)3)14-9-6-10-28-14/h4-11,15H,1-3H3,(H,23,27). The molecule has 0 radical (unpaired) electrons. The molecule has 0 aliphatic heterocycles. The molecule has 3 aromatic rings. The zero-order chi connectivity index (χ0) is 21.2. The molecule has 0 spiro atoms. The summed E-state index contributed by atoms with van der Waals surface area (Å²) in [5.41, 5.74) is -1.13. The van der Waals surface area contributed by atoms with Crippen molar-refractivity contribution in [3.8, 4) is 10.7 Å². The van der Waals surface area contributed by atoms with Crippen LogP contribution in [0.25, 0.3) is 10.7 Å². The number of hydrogen-bond donors (Lipinski definition) is 1. The minimum Gasteiger partial charge on any atom is -0.325 e. The zero-order valence-corrected chi connectivity index (χ0v) is 17.5. The summed E-state index contributed by atoms with van der Waals surface area (Å²) in [6.07, 6.45) is -4.55. The van der Waals surface area contributed by atoms with Crippen molar-refractivity contribution < 1.29 is 18.0 Å². The molecule has 29 heavy (non-hydrogen) atoms. The predicted molar refractivity (Wildman–Crippen MR) is 109 cm³/mol. The molecule has 1 unspecified atom stereocenters. The van der Waals surface area contributed by atoms with Crippen molar-refractivity contribution in [3.63, 3.8) is 0 Å². The lowest BCUT2D eigenvalue weighted by Gasteiger charge is -2.21. The molecule has 1 N–H and O–H groups in total. The van der Waals surface area contributed by atoms with E-state index in [-0.39, 0.29) is 11.6 Å². The van der Waals surface area contributed by atoms with Crippen LogP contribution in [0.15, 0.2) is 46.9 Å². The molecule has 10 heteroatoms. The topological polar surface area (TPSA) is 59.8 Å². The van der Waals surface area contributed by atoms with Gasteiger partial charge in [-0.2, -0.15) is 13.2 Å². The highest BCUT2D eigenvalue weighted by Gasteiger charge is 2.35. The van der Waals surface area contributed by atoms with E-state index in [9.17, 15) is 18.0 Å². The van der Waals surface area contributed by atoms with Crippen molar-refractivity contribution in [2.75, 3.05) is 5.32 Å². The van der Waals surface area contributed by atoms with Crippen LogP contribution >= 0.6 is 23.1 Å². The van der Waals surface area contributed by atoms with E-state index in [4.69, 9.17) is 0 Å². The summed E-state index contributed by atoms with van der Waals surface area (Å²) in [6.45, 7) is 3.67. The number of halogens is 3. The van der Waals surface area contributed by atoms with E-state index < -0.39 is 22.9 Å². The van der Waals surface area contributed by atoms with Gasteiger partial charge < -0.3 is 9.88 Å². The number of para-hydroxylation sites is 1. The summed E-state index contributed by atoms with van der Waals surface area (Å²) >= 11 is 2.71. The van der Waals surface area contributed by atoms with Gasteiger partial charge in [-0.15, -0.1) is 21.5 Å². The number of aromatic nitrogens is 3. The van der Waals surface area contributed by atoms with Gasteiger partial charge in [0.1, 0.15) is 0 Å². The highest BCUT2D eigenvalue weighted by Crippen LogP contribution is 2.36. The summed E-state index contributed by atoms with van der Waals surface area (Å²) in [5, 5.41) is 12.6. The number of benzene rings is 1. The van der Waals surface area contributed by atoms with Crippen LogP contribution in [0.5, 0.6) is 0 Å². The fourth-order valence-corrected chi connectivity index (χ4v) is 4.43. The third-order valence-electron chi connectivity index (χ3n) is 4.16. The molecular formula is C19H19F3N4OS2. The molecule has 3 rings (SSSR count). The highest BCUT2D eigenvalue weighted by molar-refractivity contribution is 8.00. The minimum atomic E-state index is -4.55. The van der Waals surface area contributed by atoms with Crippen molar-refractivity contribution in [1.29, 1.82) is 0 Å². The monoisotopic (exact) mass is 440 g/mol. The van der Waals surface area contributed by atoms with Crippen molar-refractivity contribution in [3.05, 3.63) is 47.3 Å². The van der Waals surface area contributed by atoms with Gasteiger partial charge in [0.2, 0.25) is 5.91 Å². The van der Waals surface area contributed by atoms with E-state index in [1.54, 1.807) is 11.6 Å². The third kappa shape index (κ3) is 4.81. The van der Waals surface area contributed by atoms with Gasteiger partial charge in [0.25, 0.3) is 0 Å². The van der Waals surface area contributed by atoms with Gasteiger partial charge >= 0.3 is 6.18 Å². The Morgan fingerprint density at radius 1 is 1.17 bits per heavy atom. The second-order valence-electron chi connectivity index (χ2n) is 6.66. The zero-order valence-electron chi connectivity index (χ0n) is 15.9. The maximum absolute atomic E-state index is 13.2. The van der Waals surface area contributed by atoms with Crippen LogP contribution in [-0.2, 0) is 18.0 Å². The number of carbonyl (C=O) groups excluding carboxylic acids is 1. The maximum atomic E-state index is 13.2. The van der Waals surface area contributed by atoms with E-state index in [0.29, 0.717) is 11.0 Å². The van der Waals surface area contributed by atoms with Crippen LogP contribution in [-0.4, -0.2) is 25.9 Å². The molecule has 1 aromatic carbocycles. The van der Waals surface area contributed by atoms with Crippen LogP contribution in [0, 0.1) is 5.92 Å². The molecule has 1 atom stereocenters. The van der Waals surface area contributed by atoms with Gasteiger partial charge in [0.15, 0.2) is 11.0 Å². The number of thioether (sulfide) groups is 1. The summed E-state index contributed by atoms with van der Waals surface area (Å²) in [5.74, 6) is 0.0233. The number of nitrogens with zero attached hydrogens (tertiary/aromatic N) is 3. The molecule has 2 aromatic heterocycles. The van der Waals surface area contributed by atoms with Crippen molar-refractivity contribution in [2.45, 2.75) is 30.4 Å². The Bertz CT molecular complexity index is 984. The largest absolute Gasteiger partial charge is 0.418 e. The van der Waals surface area contributed by atoms with Crippen LogP contribution < -0.4 is 5.32 Å². The van der Waals surface area contributed by atoms with E-state index in [2.05, 4.69) is 15.5 Å². The SMILES string of the molecule is CC(C)C(Sc1nnc(-c2cccs2)n1C)C(=O)Nc1ccccc1C(F)(F)F. The Labute approximate surface area is 174 Å². The van der Waals surface area contributed by atoms with E-state index in [0.717, 1.165) is 10.9 Å². The van der Waals surface area contributed by atoms with Gasteiger partial charge in [-0.05, 0) is 29.5 Å². The van der Waals surface area contributed by atoms with Crippen molar-refractivity contribution >= 4 is 34.7 Å². The molecule has 0 aliphatic carbocycles. The normalized spacial score (nSPS) is 12.9. The first-order valence-electron chi connectivity index (χ1n) is 8.75. The molecule has 154 valence electrons. The van der Waals surface area contributed by atoms with Crippen LogP contribution in [0.2, 0.25) is 0 Å². The maximum Gasteiger partial charge on any atom is 0.418 e. The Morgan fingerprint density at radius 3 is 2.52 bits per heavy atom. The summed E-state index contributed by atoms with van der Waals surface area (Å²) in [4.78, 5) is 13.8. The molecule has 0 saturated carbocycles. The average Bonchev–Trinajstić information content (AvgIpc) is 3.28. The first-order chi connectivity index (χ1) is 13.7. The summed E-state index contributed by atoms with van der Waals surface area (Å²) in [7, 11) is 1.80. The molecule has 0 aliphatic rings. The fourth-order valence-electron chi connectivity index (χ4n) is 2.69. The smallest absolute Gasteiger partial charge is 0.325 e. The van der Waals surface area contributed by atoms with Crippen LogP contribution in [0.1, 0.15) is 19.4 Å². The van der Waals surface area contributed by atoms with Gasteiger partial charge in [0, 0.05) is 7.05 Å². The first-order valence-corrected chi connectivity index (χ1v) is 10.5. The van der Waals surface area contributed by atoms with Crippen LogP contribution in [0.4, 0.5) is 18.9 Å². The van der Waals surface area contributed by atoms with E-state index >= 15 is 0 Å². The minimum absolute atomic E-state index is 0.139. The number of alkyl halides is 3. The number of hydrogen-bond acceptors (Lipinski definition) is 5. The molecular weight excluding hydrogens is 421 g/mol. The van der Waals surface area contributed by atoms with Gasteiger partial charge in [0.05, 0.1) is 21.4 Å². The van der Waals surface area contributed by atoms with Gasteiger partial charge in [-0.25, -0.2) is 0 Å². The van der Waals surface area contributed by atoms with Gasteiger partial charge in [-0.1, -0.05) is 43.8 Å². The van der Waals surface area contributed by atoms with Crippen molar-refractivity contribution in [2.24, 2.45) is 13.0 Å². The van der Waals surface area contributed by atoms with Crippen LogP contribution in [0.3, 0.4) is 0 Å². The Morgan fingerprint density at radius 2 is 1.90 bits per heavy atom. The molecule has 1 amide bonds. The molecule has 0 saturated heterocycles. The van der Waals surface area contributed by atoms with E-state index in [1.165, 1.54) is 41.3 Å². The number of amides is 1. The Hall–Kier alpha value is -2.33. The Kier molecular flexibility index (Phi) is 6.33. The summed E-state index contributed by atoms with van der Waals surface area (Å²) in [6, 6.07) is 8.77. The van der Waals surface area contributed by atoms with E-state index in [1.807, 2.05) is 31.4 Å². The molecule has 5 nitrogen and oxygen atoms in total. The number of rotatable bonds is 6. The number of thiophene rings is 1. The molecule has 0 fully saturated rings. The average molecular weight is 441 g/mol. The lowest BCUT2D eigenvalue weighted by molar-refractivity contribution is -0.137. The molecule has 2 heterocycles. The number of carbonyl (C=O) groups is 1. The second-order valence-corrected chi connectivity index (χ2v) is 8.71. The second kappa shape index (κ2) is 8.58. The Balaban J connectivity index is 1.82. The fraction of sp³-hybridized carbons (Fsp3) is 0.316.